The molecule has 0 fully saturated rings. The third kappa shape index (κ3) is 1.99. The number of hydrogen-bond acceptors (Lipinski definition) is 6. The molecule has 0 spiro atoms. The van der Waals surface area contributed by atoms with E-state index in [1.807, 2.05) is 0 Å². The van der Waals surface area contributed by atoms with Gasteiger partial charge in [-0.1, -0.05) is 0 Å². The number of carbonyl (C=O) groups is 1. The second-order valence-corrected chi connectivity index (χ2v) is 5.37. The molecule has 1 atom stereocenters. The van der Waals surface area contributed by atoms with Gasteiger partial charge in [0, 0.05) is 11.5 Å². The summed E-state index contributed by atoms with van der Waals surface area (Å²) in [5, 5.41) is 12.5. The summed E-state index contributed by atoms with van der Waals surface area (Å²) in [6.07, 6.45) is 1.12. The lowest BCUT2D eigenvalue weighted by Gasteiger charge is -2.34. The fourth-order valence-electron chi connectivity index (χ4n) is 2.56. The van der Waals surface area contributed by atoms with Crippen molar-refractivity contribution >= 4 is 23.0 Å². The average molecular weight is 287 g/mol. The molecule has 6 nitrogen and oxygen atoms in total. The second kappa shape index (κ2) is 4.44. The number of rotatable bonds is 1. The molecule has 21 heavy (non-hydrogen) atoms. The molecule has 2 aromatic rings. The van der Waals surface area contributed by atoms with Crippen LogP contribution in [-0.4, -0.2) is 22.8 Å². The molecular formula is C15H13NO5. The zero-order valence-corrected chi connectivity index (χ0v) is 11.5. The number of Topliss-reactive ketones (excluding diaryl/α,β-unsaturated/α-hetero) is 1. The largest absolute Gasteiger partial charge is 0.480 e. The van der Waals surface area contributed by atoms with E-state index in [1.165, 1.54) is 6.07 Å². The molecule has 1 aromatic carbocycles. The van der Waals surface area contributed by atoms with Gasteiger partial charge in [-0.2, -0.15) is 0 Å². The van der Waals surface area contributed by atoms with Crippen molar-refractivity contribution in [3.05, 3.63) is 40.2 Å². The Balaban J connectivity index is 2.38. The van der Waals surface area contributed by atoms with Crippen LogP contribution in [0.5, 0.6) is 5.75 Å². The van der Waals surface area contributed by atoms with Crippen LogP contribution in [0.4, 0.5) is 0 Å². The fourth-order valence-corrected chi connectivity index (χ4v) is 2.56. The summed E-state index contributed by atoms with van der Waals surface area (Å²) in [6.45, 7) is 3.28. The van der Waals surface area contributed by atoms with Crippen molar-refractivity contribution in [3.63, 3.8) is 0 Å². The molecule has 0 radical (unpaired) electrons. The van der Waals surface area contributed by atoms with E-state index in [9.17, 15) is 9.59 Å². The Morgan fingerprint density at radius 1 is 1.24 bits per heavy atom. The maximum atomic E-state index is 12.5. The molecule has 2 heterocycles. The van der Waals surface area contributed by atoms with E-state index < -0.39 is 17.1 Å². The van der Waals surface area contributed by atoms with Crippen LogP contribution >= 0.6 is 0 Å². The predicted octanol–water partition coefficient (Wildman–Crippen LogP) is 2.08. The smallest absolute Gasteiger partial charge is 0.336 e. The third-order valence-electron chi connectivity index (χ3n) is 3.56. The standard InChI is InChI=1S/C15H13NO5/c1-15(2)14(18)9(7-16-19)12-10(21-15)5-3-8-4-6-11(17)20-13(8)12/h3-7,9,19H,1-2H3/b16-7-. The Kier molecular flexibility index (Phi) is 2.83. The van der Waals surface area contributed by atoms with Gasteiger partial charge in [-0.25, -0.2) is 4.79 Å². The SMILES string of the molecule is CC1(C)Oc2ccc3ccc(=O)oc3c2C(/C=N\O)C1=O. The topological polar surface area (TPSA) is 89.1 Å². The van der Waals surface area contributed by atoms with Crippen molar-refractivity contribution < 1.29 is 19.2 Å². The number of oxime groups is 1. The van der Waals surface area contributed by atoms with Crippen LogP contribution in [0, 0.1) is 0 Å². The van der Waals surface area contributed by atoms with E-state index in [1.54, 1.807) is 32.0 Å². The van der Waals surface area contributed by atoms with Gasteiger partial charge in [0.1, 0.15) is 11.3 Å². The average Bonchev–Trinajstić information content (AvgIpc) is 2.43. The first-order valence-corrected chi connectivity index (χ1v) is 6.41. The number of ketones is 1. The van der Waals surface area contributed by atoms with Crippen molar-refractivity contribution in [1.82, 2.24) is 0 Å². The molecular weight excluding hydrogens is 274 g/mol. The van der Waals surface area contributed by atoms with Crippen LogP contribution in [0.25, 0.3) is 11.0 Å². The third-order valence-corrected chi connectivity index (χ3v) is 3.56. The molecule has 0 saturated carbocycles. The maximum absolute atomic E-state index is 12.5. The van der Waals surface area contributed by atoms with Crippen molar-refractivity contribution in [3.8, 4) is 5.75 Å². The van der Waals surface area contributed by atoms with Crippen molar-refractivity contribution in [1.29, 1.82) is 0 Å². The van der Waals surface area contributed by atoms with Crippen molar-refractivity contribution in [2.24, 2.45) is 5.16 Å². The Labute approximate surface area is 119 Å². The summed E-state index contributed by atoms with van der Waals surface area (Å²) in [7, 11) is 0. The minimum Gasteiger partial charge on any atom is -0.480 e. The highest BCUT2D eigenvalue weighted by molar-refractivity contribution is 6.09. The highest BCUT2D eigenvalue weighted by atomic mass is 16.5. The van der Waals surface area contributed by atoms with Crippen molar-refractivity contribution in [2.75, 3.05) is 0 Å². The monoisotopic (exact) mass is 287 g/mol. The van der Waals surface area contributed by atoms with Crippen LogP contribution in [0.15, 0.2) is 38.6 Å². The van der Waals surface area contributed by atoms with Crippen LogP contribution < -0.4 is 10.4 Å². The molecule has 1 aliphatic heterocycles. The van der Waals surface area contributed by atoms with Gasteiger partial charge in [-0.05, 0) is 32.0 Å². The van der Waals surface area contributed by atoms with Gasteiger partial charge >= 0.3 is 5.63 Å². The highest BCUT2D eigenvalue weighted by Crippen LogP contribution is 2.41. The molecule has 0 saturated heterocycles. The first-order chi connectivity index (χ1) is 9.94. The van der Waals surface area contributed by atoms with Gasteiger partial charge < -0.3 is 14.4 Å². The molecule has 1 aromatic heterocycles. The Hall–Kier alpha value is -2.63. The molecule has 6 heteroatoms. The van der Waals surface area contributed by atoms with E-state index in [-0.39, 0.29) is 11.4 Å². The zero-order chi connectivity index (χ0) is 15.2. The lowest BCUT2D eigenvalue weighted by atomic mass is 9.83. The Morgan fingerprint density at radius 2 is 1.95 bits per heavy atom. The molecule has 0 amide bonds. The van der Waals surface area contributed by atoms with Crippen LogP contribution in [0.2, 0.25) is 0 Å². The number of hydrogen-bond donors (Lipinski definition) is 1. The summed E-state index contributed by atoms with van der Waals surface area (Å²) < 4.78 is 10.9. The van der Waals surface area contributed by atoms with Gasteiger partial charge in [0.25, 0.3) is 0 Å². The van der Waals surface area contributed by atoms with Crippen molar-refractivity contribution in [2.45, 2.75) is 25.4 Å². The predicted molar refractivity (Wildman–Crippen MR) is 75.2 cm³/mol. The molecule has 108 valence electrons. The first-order valence-electron chi connectivity index (χ1n) is 6.41. The lowest BCUT2D eigenvalue weighted by Crippen LogP contribution is -2.45. The molecule has 1 N–H and O–H groups in total. The van der Waals surface area contributed by atoms with E-state index in [2.05, 4.69) is 5.16 Å². The molecule has 0 bridgehead atoms. The second-order valence-electron chi connectivity index (χ2n) is 5.37. The molecule has 0 aliphatic carbocycles. The fraction of sp³-hybridized carbons (Fsp3) is 0.267. The summed E-state index contributed by atoms with van der Waals surface area (Å²) in [6, 6.07) is 6.37. The van der Waals surface area contributed by atoms with E-state index in [4.69, 9.17) is 14.4 Å². The maximum Gasteiger partial charge on any atom is 0.336 e. The number of fused-ring (bicyclic) bond motifs is 3. The van der Waals surface area contributed by atoms with Crippen LogP contribution in [0.3, 0.4) is 0 Å². The zero-order valence-electron chi connectivity index (χ0n) is 11.5. The van der Waals surface area contributed by atoms with E-state index in [0.717, 1.165) is 6.21 Å². The molecule has 1 aliphatic rings. The summed E-state index contributed by atoms with van der Waals surface area (Å²) in [5.74, 6) is -0.666. The highest BCUT2D eigenvalue weighted by Gasteiger charge is 2.43. The Bertz CT molecular complexity index is 818. The number of carbonyl (C=O) groups excluding carboxylic acids is 1. The Morgan fingerprint density at radius 3 is 2.67 bits per heavy atom. The van der Waals surface area contributed by atoms with Gasteiger partial charge in [-0.3, -0.25) is 4.79 Å². The van der Waals surface area contributed by atoms with Gasteiger partial charge in [0.05, 0.1) is 17.7 Å². The minimum absolute atomic E-state index is 0.271. The lowest BCUT2D eigenvalue weighted by molar-refractivity contribution is -0.133. The van der Waals surface area contributed by atoms with E-state index in [0.29, 0.717) is 16.7 Å². The normalized spacial score (nSPS) is 20.5. The summed E-state index contributed by atoms with van der Waals surface area (Å²) in [4.78, 5) is 23.9. The summed E-state index contributed by atoms with van der Waals surface area (Å²) >= 11 is 0. The quantitative estimate of drug-likeness (QED) is 0.375. The minimum atomic E-state index is -1.05. The number of benzene rings is 1. The van der Waals surface area contributed by atoms with E-state index >= 15 is 0 Å². The van der Waals surface area contributed by atoms with Crippen LogP contribution in [0.1, 0.15) is 25.3 Å². The first kappa shape index (κ1) is 13.4. The van der Waals surface area contributed by atoms with Gasteiger partial charge in [-0.15, -0.1) is 5.16 Å². The van der Waals surface area contributed by atoms with Gasteiger partial charge in [0.2, 0.25) is 0 Å². The number of nitrogens with zero attached hydrogens (tertiary/aromatic N) is 1. The van der Waals surface area contributed by atoms with Crippen LogP contribution in [-0.2, 0) is 4.79 Å². The molecule has 1 unspecified atom stereocenters. The number of ether oxygens (including phenoxy) is 1. The molecule has 3 rings (SSSR count). The van der Waals surface area contributed by atoms with Gasteiger partial charge in [0.15, 0.2) is 11.4 Å². The summed E-state index contributed by atoms with van der Waals surface area (Å²) in [5.41, 5.74) is -0.893.